The topological polar surface area (TPSA) is 15.3 Å². The van der Waals surface area contributed by atoms with E-state index in [1.807, 2.05) is 19.1 Å². The smallest absolute Gasteiger partial charge is 0.0397 e. The molecule has 1 aromatic rings. The Labute approximate surface area is 152 Å². The molecule has 1 aliphatic rings. The standard InChI is InChI=1S/C23H30N2/c1-5-10-20(11-6-2)18-24-22-14-16-23(17-15-22)25(4)19(3)21-12-8-7-9-13-21/h5-14,23-24H,1,3,15-18H2,2,4H3/b11-6-,20-10+. The fraction of sp³-hybridized carbons (Fsp3) is 0.304. The third-order valence-corrected chi connectivity index (χ3v) is 4.70. The van der Waals surface area contributed by atoms with Gasteiger partial charge in [-0.1, -0.05) is 73.9 Å². The van der Waals surface area contributed by atoms with Crippen molar-refractivity contribution in [3.8, 4) is 0 Å². The van der Waals surface area contributed by atoms with E-state index in [1.54, 1.807) is 0 Å². The van der Waals surface area contributed by atoms with Crippen molar-refractivity contribution in [2.75, 3.05) is 13.6 Å². The lowest BCUT2D eigenvalue weighted by molar-refractivity contribution is 0.318. The molecule has 0 aromatic heterocycles. The Hall–Kier alpha value is -2.48. The molecule has 0 amide bonds. The van der Waals surface area contributed by atoms with Crippen LogP contribution in [-0.4, -0.2) is 24.5 Å². The fourth-order valence-corrected chi connectivity index (χ4v) is 3.14. The second-order valence-corrected chi connectivity index (χ2v) is 6.41. The van der Waals surface area contributed by atoms with Gasteiger partial charge in [0.05, 0.1) is 0 Å². The zero-order valence-corrected chi connectivity index (χ0v) is 15.5. The summed E-state index contributed by atoms with van der Waals surface area (Å²) in [4.78, 5) is 2.32. The molecule has 0 spiro atoms. The number of benzene rings is 1. The van der Waals surface area contributed by atoms with Gasteiger partial charge in [-0.2, -0.15) is 0 Å². The molecule has 2 rings (SSSR count). The first-order chi connectivity index (χ1) is 12.2. The van der Waals surface area contributed by atoms with E-state index in [-0.39, 0.29) is 0 Å². The fourth-order valence-electron chi connectivity index (χ4n) is 3.14. The Morgan fingerprint density at radius 3 is 2.68 bits per heavy atom. The molecular formula is C23H30N2. The van der Waals surface area contributed by atoms with E-state index in [9.17, 15) is 0 Å². The van der Waals surface area contributed by atoms with Crippen LogP contribution in [0, 0.1) is 0 Å². The van der Waals surface area contributed by atoms with Gasteiger partial charge < -0.3 is 10.2 Å². The van der Waals surface area contributed by atoms with Gasteiger partial charge in [0, 0.05) is 31.0 Å². The summed E-state index contributed by atoms with van der Waals surface area (Å²) in [5, 5.41) is 3.56. The van der Waals surface area contributed by atoms with Gasteiger partial charge >= 0.3 is 0 Å². The van der Waals surface area contributed by atoms with Gasteiger partial charge in [0.2, 0.25) is 0 Å². The number of hydrogen-bond donors (Lipinski definition) is 1. The zero-order chi connectivity index (χ0) is 18.1. The maximum Gasteiger partial charge on any atom is 0.0397 e. The predicted molar refractivity (Wildman–Crippen MR) is 110 cm³/mol. The predicted octanol–water partition coefficient (Wildman–Crippen LogP) is 5.30. The molecule has 25 heavy (non-hydrogen) atoms. The van der Waals surface area contributed by atoms with Crippen molar-refractivity contribution in [2.24, 2.45) is 0 Å². The van der Waals surface area contributed by atoms with E-state index in [2.05, 4.69) is 79.0 Å². The highest BCUT2D eigenvalue weighted by Gasteiger charge is 2.20. The largest absolute Gasteiger partial charge is 0.385 e. The monoisotopic (exact) mass is 334 g/mol. The first-order valence-corrected chi connectivity index (χ1v) is 9.00. The van der Waals surface area contributed by atoms with E-state index < -0.39 is 0 Å². The van der Waals surface area contributed by atoms with Gasteiger partial charge in [0.25, 0.3) is 0 Å². The van der Waals surface area contributed by atoms with E-state index in [1.165, 1.54) is 16.8 Å². The van der Waals surface area contributed by atoms with Crippen LogP contribution in [0.5, 0.6) is 0 Å². The minimum Gasteiger partial charge on any atom is -0.385 e. The summed E-state index contributed by atoms with van der Waals surface area (Å²) in [6, 6.07) is 10.9. The average molecular weight is 335 g/mol. The van der Waals surface area contributed by atoms with Crippen molar-refractivity contribution in [1.82, 2.24) is 10.2 Å². The van der Waals surface area contributed by atoms with E-state index in [0.717, 1.165) is 31.5 Å². The maximum absolute atomic E-state index is 4.28. The lowest BCUT2D eigenvalue weighted by Crippen LogP contribution is -2.33. The summed E-state index contributed by atoms with van der Waals surface area (Å²) in [6.07, 6.45) is 13.7. The number of allylic oxidation sites excluding steroid dienone is 4. The summed E-state index contributed by atoms with van der Waals surface area (Å²) in [6.45, 7) is 11.0. The molecule has 1 aromatic carbocycles. The molecule has 132 valence electrons. The maximum atomic E-state index is 4.28. The second-order valence-electron chi connectivity index (χ2n) is 6.41. The molecule has 1 atom stereocenters. The molecule has 1 aliphatic carbocycles. The van der Waals surface area contributed by atoms with Crippen LogP contribution in [0.2, 0.25) is 0 Å². The van der Waals surface area contributed by atoms with Gasteiger partial charge in [-0.3, -0.25) is 0 Å². The van der Waals surface area contributed by atoms with Gasteiger partial charge in [0.15, 0.2) is 0 Å². The Morgan fingerprint density at radius 1 is 1.32 bits per heavy atom. The summed E-state index contributed by atoms with van der Waals surface area (Å²) >= 11 is 0. The van der Waals surface area contributed by atoms with Crippen LogP contribution in [0.1, 0.15) is 31.7 Å². The molecular weight excluding hydrogens is 304 g/mol. The van der Waals surface area contributed by atoms with Crippen LogP contribution in [0.25, 0.3) is 5.70 Å². The average Bonchev–Trinajstić information content (AvgIpc) is 2.66. The highest BCUT2D eigenvalue weighted by molar-refractivity contribution is 5.61. The Morgan fingerprint density at radius 2 is 2.08 bits per heavy atom. The van der Waals surface area contributed by atoms with Gasteiger partial charge in [-0.05, 0) is 37.3 Å². The number of nitrogens with zero attached hydrogens (tertiary/aromatic N) is 1. The van der Waals surface area contributed by atoms with Crippen molar-refractivity contribution in [2.45, 2.75) is 32.2 Å². The first kappa shape index (κ1) is 18.9. The molecule has 0 heterocycles. The van der Waals surface area contributed by atoms with E-state index in [0.29, 0.717) is 6.04 Å². The lowest BCUT2D eigenvalue weighted by Gasteiger charge is -2.34. The molecule has 2 heteroatoms. The number of hydrogen-bond acceptors (Lipinski definition) is 2. The van der Waals surface area contributed by atoms with Crippen molar-refractivity contribution in [1.29, 1.82) is 0 Å². The van der Waals surface area contributed by atoms with Crippen molar-refractivity contribution in [3.63, 3.8) is 0 Å². The normalized spacial score (nSPS) is 17.9. The summed E-state index contributed by atoms with van der Waals surface area (Å²) in [5.74, 6) is 0. The second kappa shape index (κ2) is 9.73. The van der Waals surface area contributed by atoms with Crippen LogP contribution in [0.15, 0.2) is 85.1 Å². The molecule has 1 N–H and O–H groups in total. The molecule has 0 radical (unpaired) electrons. The van der Waals surface area contributed by atoms with Gasteiger partial charge in [-0.25, -0.2) is 0 Å². The third kappa shape index (κ3) is 5.53. The van der Waals surface area contributed by atoms with Crippen molar-refractivity contribution >= 4 is 5.70 Å². The SMILES string of the molecule is C=C/C=C(\C=C/C)CNC1=CCC(N(C)C(=C)c2ccccc2)CC1. The van der Waals surface area contributed by atoms with Gasteiger partial charge in [0.1, 0.15) is 0 Å². The minimum atomic E-state index is 0.511. The Kier molecular flexibility index (Phi) is 7.34. The minimum absolute atomic E-state index is 0.511. The van der Waals surface area contributed by atoms with Crippen LogP contribution in [0.3, 0.4) is 0 Å². The summed E-state index contributed by atoms with van der Waals surface area (Å²) in [7, 11) is 2.16. The Bertz CT molecular complexity index is 665. The molecule has 0 bridgehead atoms. The zero-order valence-electron chi connectivity index (χ0n) is 15.5. The van der Waals surface area contributed by atoms with Crippen LogP contribution in [0.4, 0.5) is 0 Å². The van der Waals surface area contributed by atoms with Gasteiger partial charge in [-0.15, -0.1) is 0 Å². The lowest BCUT2D eigenvalue weighted by atomic mass is 9.96. The van der Waals surface area contributed by atoms with E-state index in [4.69, 9.17) is 0 Å². The molecule has 1 unspecified atom stereocenters. The van der Waals surface area contributed by atoms with Crippen LogP contribution in [-0.2, 0) is 0 Å². The van der Waals surface area contributed by atoms with Crippen LogP contribution < -0.4 is 5.32 Å². The Balaban J connectivity index is 1.90. The summed E-state index contributed by atoms with van der Waals surface area (Å²) < 4.78 is 0. The molecule has 0 aliphatic heterocycles. The molecule has 0 fully saturated rings. The molecule has 2 nitrogen and oxygen atoms in total. The molecule has 0 saturated heterocycles. The van der Waals surface area contributed by atoms with Crippen molar-refractivity contribution in [3.05, 3.63) is 90.7 Å². The van der Waals surface area contributed by atoms with E-state index >= 15 is 0 Å². The first-order valence-electron chi connectivity index (χ1n) is 9.00. The quantitative estimate of drug-likeness (QED) is 0.649. The van der Waals surface area contributed by atoms with Crippen LogP contribution >= 0.6 is 0 Å². The number of rotatable bonds is 8. The number of nitrogens with one attached hydrogen (secondary N) is 1. The highest BCUT2D eigenvalue weighted by atomic mass is 15.1. The highest BCUT2D eigenvalue weighted by Crippen LogP contribution is 2.26. The third-order valence-electron chi connectivity index (χ3n) is 4.70. The molecule has 0 saturated carbocycles. The van der Waals surface area contributed by atoms with Crippen molar-refractivity contribution < 1.29 is 0 Å². The summed E-state index contributed by atoms with van der Waals surface area (Å²) in [5.41, 5.74) is 4.88.